The molecule has 30 heavy (non-hydrogen) atoms. The van der Waals surface area contributed by atoms with Crippen molar-refractivity contribution in [3.8, 4) is 5.69 Å². The molecule has 2 aromatic carbocycles. The van der Waals surface area contributed by atoms with E-state index in [4.69, 9.17) is 5.11 Å². The number of anilines is 1. The minimum absolute atomic E-state index is 0.127. The van der Waals surface area contributed by atoms with E-state index in [9.17, 15) is 14.4 Å². The van der Waals surface area contributed by atoms with Crippen LogP contribution >= 0.6 is 0 Å². The van der Waals surface area contributed by atoms with Crippen molar-refractivity contribution < 1.29 is 14.7 Å². The molecule has 2 heterocycles. The zero-order chi connectivity index (χ0) is 21.4. The van der Waals surface area contributed by atoms with Gasteiger partial charge in [-0.25, -0.2) is 9.48 Å². The molecule has 150 valence electrons. The van der Waals surface area contributed by atoms with Gasteiger partial charge in [-0.1, -0.05) is 18.2 Å². The normalized spacial score (nSPS) is 15.0. The van der Waals surface area contributed by atoms with Crippen molar-refractivity contribution in [3.63, 3.8) is 0 Å². The Kier molecular flexibility index (Phi) is 4.67. The molecular weight excluding hydrogens is 384 g/mol. The van der Waals surface area contributed by atoms with Gasteiger partial charge in [0.1, 0.15) is 0 Å². The average Bonchev–Trinajstić information content (AvgIpc) is 3.19. The molecule has 0 saturated carbocycles. The second-order valence-corrected chi connectivity index (χ2v) is 6.84. The maximum Gasteiger partial charge on any atom is 0.335 e. The van der Waals surface area contributed by atoms with Crippen LogP contribution in [0.1, 0.15) is 28.5 Å². The maximum atomic E-state index is 13.0. The van der Waals surface area contributed by atoms with Gasteiger partial charge in [0.15, 0.2) is 0 Å². The molecule has 0 unspecified atom stereocenters. The molecule has 1 aliphatic rings. The number of aromatic nitrogens is 2. The second kappa shape index (κ2) is 7.32. The number of carbonyl (C=O) groups excluding carboxylic acids is 1. The van der Waals surface area contributed by atoms with Gasteiger partial charge < -0.3 is 5.11 Å². The summed E-state index contributed by atoms with van der Waals surface area (Å²) in [6.07, 6.45) is 1.54. The van der Waals surface area contributed by atoms with Crippen LogP contribution in [0.2, 0.25) is 0 Å². The van der Waals surface area contributed by atoms with Crippen LogP contribution in [-0.2, 0) is 4.79 Å². The Morgan fingerprint density at radius 2 is 1.67 bits per heavy atom. The highest BCUT2D eigenvalue weighted by Crippen LogP contribution is 2.24. The zero-order valence-corrected chi connectivity index (χ0v) is 16.3. The molecule has 1 aliphatic heterocycles. The second-order valence-electron chi connectivity index (χ2n) is 6.84. The van der Waals surface area contributed by atoms with Crippen LogP contribution in [-0.4, -0.2) is 32.5 Å². The van der Waals surface area contributed by atoms with Gasteiger partial charge in [0, 0.05) is 5.69 Å². The summed E-state index contributed by atoms with van der Waals surface area (Å²) in [5.41, 5.74) is 2.69. The van der Waals surface area contributed by atoms with E-state index in [1.165, 1.54) is 21.8 Å². The van der Waals surface area contributed by atoms with Gasteiger partial charge in [0.25, 0.3) is 11.5 Å². The number of carboxylic acid groups (broad SMARTS) is 1. The summed E-state index contributed by atoms with van der Waals surface area (Å²) in [4.78, 5) is 36.9. The third-order valence-electron chi connectivity index (χ3n) is 4.84. The summed E-state index contributed by atoms with van der Waals surface area (Å²) in [6.45, 7) is 3.45. The average molecular weight is 402 g/mol. The molecule has 0 bridgehead atoms. The van der Waals surface area contributed by atoms with Crippen molar-refractivity contribution in [3.05, 3.63) is 87.3 Å². The van der Waals surface area contributed by atoms with Gasteiger partial charge in [-0.05, 0) is 56.3 Å². The van der Waals surface area contributed by atoms with Crippen molar-refractivity contribution in [2.24, 2.45) is 5.10 Å². The molecule has 0 atom stereocenters. The van der Waals surface area contributed by atoms with Gasteiger partial charge in [-0.15, -0.1) is 0 Å². The minimum Gasteiger partial charge on any atom is -0.478 e. The topological polar surface area (TPSA) is 108 Å². The Labute approximate surface area is 171 Å². The number of carbonyl (C=O) groups is 2. The molecule has 1 aromatic heterocycles. The number of H-pyrrole nitrogens is 1. The first-order valence-corrected chi connectivity index (χ1v) is 9.19. The number of nitrogens with one attached hydrogen (secondary N) is 1. The molecule has 1 amide bonds. The highest BCUT2D eigenvalue weighted by Gasteiger charge is 2.29. The molecule has 2 N–H and O–H groups in total. The Morgan fingerprint density at radius 3 is 2.30 bits per heavy atom. The fraction of sp³-hybridized carbons (Fsp3) is 0.0909. The summed E-state index contributed by atoms with van der Waals surface area (Å²) in [5, 5.41) is 17.6. The van der Waals surface area contributed by atoms with Crippen molar-refractivity contribution >= 4 is 29.4 Å². The van der Waals surface area contributed by atoms with Crippen molar-refractivity contribution in [1.82, 2.24) is 9.78 Å². The molecule has 8 nitrogen and oxygen atoms in total. The summed E-state index contributed by atoms with van der Waals surface area (Å²) in [7, 11) is 0. The maximum absolute atomic E-state index is 13.0. The number of aromatic carboxylic acids is 1. The number of amides is 1. The van der Waals surface area contributed by atoms with Gasteiger partial charge in [-0.2, -0.15) is 10.1 Å². The van der Waals surface area contributed by atoms with Crippen LogP contribution in [0.4, 0.5) is 5.69 Å². The quantitative estimate of drug-likeness (QED) is 0.654. The molecule has 0 aliphatic carbocycles. The lowest BCUT2D eigenvalue weighted by atomic mass is 10.1. The van der Waals surface area contributed by atoms with Crippen LogP contribution in [0.3, 0.4) is 0 Å². The number of nitrogens with zero attached hydrogens (tertiary/aromatic N) is 3. The van der Waals surface area contributed by atoms with Gasteiger partial charge in [0.2, 0.25) is 0 Å². The Balaban J connectivity index is 1.71. The van der Waals surface area contributed by atoms with E-state index in [2.05, 4.69) is 10.2 Å². The lowest BCUT2D eigenvalue weighted by molar-refractivity contribution is -0.114. The molecule has 0 spiro atoms. The smallest absolute Gasteiger partial charge is 0.335 e. The first-order valence-electron chi connectivity index (χ1n) is 9.19. The lowest BCUT2D eigenvalue weighted by Crippen LogP contribution is -2.21. The number of rotatable bonds is 4. The van der Waals surface area contributed by atoms with E-state index in [0.717, 1.165) is 0 Å². The highest BCUT2D eigenvalue weighted by molar-refractivity contribution is 6.32. The summed E-state index contributed by atoms with van der Waals surface area (Å²) in [5.74, 6) is -1.35. The fourth-order valence-electron chi connectivity index (χ4n) is 3.24. The molecule has 3 aromatic rings. The van der Waals surface area contributed by atoms with Gasteiger partial charge in [0.05, 0.1) is 33.8 Å². The summed E-state index contributed by atoms with van der Waals surface area (Å²) < 4.78 is 1.31. The predicted octanol–water partition coefficient (Wildman–Crippen LogP) is 2.98. The molecular formula is C22H18N4O4. The molecule has 0 radical (unpaired) electrons. The summed E-state index contributed by atoms with van der Waals surface area (Å²) in [6, 6.07) is 15.0. The van der Waals surface area contributed by atoms with Crippen molar-refractivity contribution in [2.45, 2.75) is 13.8 Å². The number of para-hydroxylation sites is 1. The largest absolute Gasteiger partial charge is 0.478 e. The summed E-state index contributed by atoms with van der Waals surface area (Å²) >= 11 is 0. The third-order valence-corrected chi connectivity index (χ3v) is 4.84. The lowest BCUT2D eigenvalue weighted by Gasteiger charge is -2.10. The van der Waals surface area contributed by atoms with Crippen LogP contribution < -0.4 is 10.6 Å². The number of benzene rings is 2. The zero-order valence-electron chi connectivity index (χ0n) is 16.3. The van der Waals surface area contributed by atoms with E-state index in [1.807, 2.05) is 18.2 Å². The minimum atomic E-state index is -1.04. The number of carboxylic acids is 1. The number of hydrazone groups is 1. The van der Waals surface area contributed by atoms with E-state index < -0.39 is 5.97 Å². The van der Waals surface area contributed by atoms with Crippen LogP contribution in [0, 0.1) is 6.92 Å². The number of hydrogen-bond acceptors (Lipinski definition) is 4. The van der Waals surface area contributed by atoms with Crippen LogP contribution in [0.15, 0.2) is 70.1 Å². The van der Waals surface area contributed by atoms with E-state index in [-0.39, 0.29) is 17.0 Å². The van der Waals surface area contributed by atoms with Crippen molar-refractivity contribution in [2.75, 3.05) is 5.01 Å². The monoisotopic (exact) mass is 402 g/mol. The highest BCUT2D eigenvalue weighted by atomic mass is 16.4. The van der Waals surface area contributed by atoms with E-state index in [1.54, 1.807) is 44.2 Å². The number of aromatic amines is 1. The van der Waals surface area contributed by atoms with Gasteiger partial charge >= 0.3 is 5.97 Å². The number of hydrogen-bond donors (Lipinski definition) is 2. The molecule has 0 fully saturated rings. The SMILES string of the molecule is CC1=NN(c2ccccc2)C(=O)/C1=C\c1c(C)[nH]n(-c2ccc(C(=O)O)cc2)c1=O. The predicted molar refractivity (Wildman–Crippen MR) is 113 cm³/mol. The standard InChI is InChI=1S/C22H18N4O4/c1-13-18(20(27)25(23-13)16-6-4-3-5-7-16)12-19-14(2)24-26(21(19)28)17-10-8-15(9-11-17)22(29)30/h3-12,24H,1-2H3,(H,29,30)/b18-12-. The van der Waals surface area contributed by atoms with E-state index in [0.29, 0.717) is 33.9 Å². The first-order chi connectivity index (χ1) is 14.4. The van der Waals surface area contributed by atoms with E-state index >= 15 is 0 Å². The van der Waals surface area contributed by atoms with Gasteiger partial charge in [-0.3, -0.25) is 14.7 Å². The Bertz CT molecular complexity index is 1260. The Morgan fingerprint density at radius 1 is 1.00 bits per heavy atom. The van der Waals surface area contributed by atoms with Crippen molar-refractivity contribution in [1.29, 1.82) is 0 Å². The van der Waals surface area contributed by atoms with Crippen LogP contribution in [0.25, 0.3) is 11.8 Å². The molecule has 4 rings (SSSR count). The molecule has 8 heteroatoms. The number of aryl methyl sites for hydroxylation is 1. The third kappa shape index (κ3) is 3.24. The Hall–Kier alpha value is -4.20. The molecule has 0 saturated heterocycles. The first kappa shape index (κ1) is 19.1. The fourth-order valence-corrected chi connectivity index (χ4v) is 3.24. The van der Waals surface area contributed by atoms with Crippen LogP contribution in [0.5, 0.6) is 0 Å².